The van der Waals surface area contributed by atoms with Gasteiger partial charge in [-0.05, 0) is 48.6 Å². The van der Waals surface area contributed by atoms with Gasteiger partial charge in [0.25, 0.3) is 11.5 Å². The minimum atomic E-state index is -1.36. The van der Waals surface area contributed by atoms with E-state index in [0.717, 1.165) is 45.0 Å². The van der Waals surface area contributed by atoms with E-state index in [2.05, 4.69) is 15.7 Å². The highest BCUT2D eigenvalue weighted by Crippen LogP contribution is 2.36. The summed E-state index contributed by atoms with van der Waals surface area (Å²) in [7, 11) is 4.36. The number of urea groups is 1. The molecule has 1 fully saturated rings. The molecule has 2 aromatic carbocycles. The largest absolute Gasteiger partial charge is 0.497 e. The molecule has 1 saturated heterocycles. The average Bonchev–Trinajstić information content (AvgIpc) is 3.30. The van der Waals surface area contributed by atoms with Gasteiger partial charge in [0.1, 0.15) is 34.9 Å². The highest BCUT2D eigenvalue weighted by molar-refractivity contribution is 6.02. The Labute approximate surface area is 246 Å². The Morgan fingerprint density at radius 3 is 2.44 bits per heavy atom. The molecule has 43 heavy (non-hydrogen) atoms. The summed E-state index contributed by atoms with van der Waals surface area (Å²) in [6, 6.07) is 6.93. The number of nitrogens with one attached hydrogen (secondary N) is 2. The molecular weight excluding hydrogens is 564 g/mol. The number of hydrogen-bond acceptors (Lipinski definition) is 7. The minimum Gasteiger partial charge on any atom is -0.497 e. The smallest absolute Gasteiger partial charge is 0.315 e. The normalized spacial score (nSPS) is 19.6. The van der Waals surface area contributed by atoms with Gasteiger partial charge in [-0.2, -0.15) is 5.10 Å². The number of nitrogens with zero attached hydrogens (tertiary/aromatic N) is 3. The molecule has 1 aliphatic heterocycles. The van der Waals surface area contributed by atoms with Gasteiger partial charge in [-0.25, -0.2) is 18.3 Å². The number of carbonyl (C=O) groups is 2. The van der Waals surface area contributed by atoms with E-state index in [0.29, 0.717) is 12.8 Å². The highest BCUT2D eigenvalue weighted by Gasteiger charge is 2.46. The molecule has 0 spiro atoms. The maximum Gasteiger partial charge on any atom is 0.315 e. The number of aryl methyl sites for hydroxylation is 1. The number of aromatic nitrogens is 2. The van der Waals surface area contributed by atoms with Crippen molar-refractivity contribution in [2.45, 2.75) is 43.8 Å². The number of fused-ring (bicyclic) bond motifs is 1. The number of hydrogen-bond donors (Lipinski definition) is 2. The molecule has 3 aromatic rings. The van der Waals surface area contributed by atoms with Crippen LogP contribution in [0.1, 0.15) is 29.0 Å². The lowest BCUT2D eigenvalue weighted by Gasteiger charge is -2.27. The Morgan fingerprint density at radius 2 is 1.74 bits per heavy atom. The fourth-order valence-electron chi connectivity index (χ4n) is 5.74. The molecule has 228 valence electrons. The fourth-order valence-corrected chi connectivity index (χ4v) is 5.74. The first-order chi connectivity index (χ1) is 20.7. The standard InChI is InChI=1S/C30H33F2N5O6/c1-41-11-10-37-28(38)25(8-9-33-37)36-16-22(26-23(31)14-21(43-3)15-24(26)32)27(29(36)39)35-30(40)34-19-6-4-18-13-20(42-2)7-5-17(18)12-19/h5,7-9,13-15,19,22,27H,4,6,10-12,16H2,1-3H3,(H2,34,35,40)/t19?,22-,27-/m0/s1. The third kappa shape index (κ3) is 6.17. The van der Waals surface area contributed by atoms with Gasteiger partial charge < -0.3 is 29.7 Å². The van der Waals surface area contributed by atoms with Crippen LogP contribution in [0.25, 0.3) is 0 Å². The third-order valence-electron chi connectivity index (χ3n) is 7.93. The molecule has 1 unspecified atom stereocenters. The van der Waals surface area contributed by atoms with Crippen LogP contribution < -0.4 is 30.6 Å². The molecule has 2 heterocycles. The lowest BCUT2D eigenvalue weighted by molar-refractivity contribution is -0.118. The first kappa shape index (κ1) is 30.0. The Bertz CT molecular complexity index is 1560. The first-order valence-corrected chi connectivity index (χ1v) is 13.9. The molecule has 1 aliphatic carbocycles. The molecule has 3 atom stereocenters. The number of ether oxygens (including phenoxy) is 3. The topological polar surface area (TPSA) is 124 Å². The van der Waals surface area contributed by atoms with Crippen molar-refractivity contribution in [3.63, 3.8) is 0 Å². The highest BCUT2D eigenvalue weighted by atomic mass is 19.1. The van der Waals surface area contributed by atoms with Gasteiger partial charge in [-0.15, -0.1) is 0 Å². The third-order valence-corrected chi connectivity index (χ3v) is 7.93. The van der Waals surface area contributed by atoms with E-state index in [1.165, 1.54) is 26.5 Å². The maximum atomic E-state index is 15.3. The van der Waals surface area contributed by atoms with E-state index >= 15 is 8.78 Å². The summed E-state index contributed by atoms with van der Waals surface area (Å²) < 4.78 is 47.0. The van der Waals surface area contributed by atoms with E-state index in [1.807, 2.05) is 18.2 Å². The summed E-state index contributed by atoms with van der Waals surface area (Å²) in [6.07, 6.45) is 3.30. The zero-order valence-electron chi connectivity index (χ0n) is 24.1. The molecule has 11 nitrogen and oxygen atoms in total. The van der Waals surface area contributed by atoms with Crippen LogP contribution in [-0.2, 0) is 28.9 Å². The monoisotopic (exact) mass is 597 g/mol. The van der Waals surface area contributed by atoms with E-state index in [-0.39, 0.29) is 37.2 Å². The van der Waals surface area contributed by atoms with Crippen LogP contribution in [-0.4, -0.2) is 68.3 Å². The SMILES string of the molecule is COCCn1nccc(N2C[C@@H](c3c(F)cc(OC)cc3F)[C@H](NC(=O)NC3CCc4cc(OC)ccc4C3)C2=O)c1=O. The Balaban J connectivity index is 1.41. The fraction of sp³-hybridized carbons (Fsp3) is 0.400. The first-order valence-electron chi connectivity index (χ1n) is 13.9. The minimum absolute atomic E-state index is 0.0283. The number of benzene rings is 2. The van der Waals surface area contributed by atoms with E-state index in [4.69, 9.17) is 14.2 Å². The molecule has 0 radical (unpaired) electrons. The van der Waals surface area contributed by atoms with Crippen LogP contribution in [0.2, 0.25) is 0 Å². The Hall–Kier alpha value is -4.52. The van der Waals surface area contributed by atoms with Crippen LogP contribution in [0.4, 0.5) is 19.3 Å². The molecule has 2 aliphatic rings. The van der Waals surface area contributed by atoms with Gasteiger partial charge in [0.05, 0.1) is 27.4 Å². The number of anilines is 1. The van der Waals surface area contributed by atoms with Crippen molar-refractivity contribution in [2.24, 2.45) is 0 Å². The molecule has 5 rings (SSSR count). The van der Waals surface area contributed by atoms with Crippen LogP contribution in [0.15, 0.2) is 47.4 Å². The van der Waals surface area contributed by atoms with Gasteiger partial charge >= 0.3 is 6.03 Å². The van der Waals surface area contributed by atoms with E-state index in [9.17, 15) is 14.4 Å². The van der Waals surface area contributed by atoms with E-state index in [1.54, 1.807) is 7.11 Å². The number of amides is 3. The predicted molar refractivity (Wildman–Crippen MR) is 153 cm³/mol. The van der Waals surface area contributed by atoms with Crippen molar-refractivity contribution in [3.8, 4) is 11.5 Å². The maximum absolute atomic E-state index is 15.3. The van der Waals surface area contributed by atoms with Crippen molar-refractivity contribution < 1.29 is 32.6 Å². The van der Waals surface area contributed by atoms with Crippen molar-refractivity contribution in [1.29, 1.82) is 0 Å². The Kier molecular flexibility index (Phi) is 8.90. The van der Waals surface area contributed by atoms with Crippen molar-refractivity contribution >= 4 is 17.6 Å². The number of halogens is 2. The summed E-state index contributed by atoms with van der Waals surface area (Å²) >= 11 is 0. The van der Waals surface area contributed by atoms with Crippen molar-refractivity contribution in [1.82, 2.24) is 20.4 Å². The summed E-state index contributed by atoms with van der Waals surface area (Å²) in [4.78, 5) is 41.3. The zero-order chi connectivity index (χ0) is 30.7. The van der Waals surface area contributed by atoms with Crippen LogP contribution in [0, 0.1) is 11.6 Å². The molecular formula is C30H33F2N5O6. The molecule has 0 saturated carbocycles. The predicted octanol–water partition coefficient (Wildman–Crippen LogP) is 2.54. The second kappa shape index (κ2) is 12.8. The van der Waals surface area contributed by atoms with Gasteiger partial charge in [-0.3, -0.25) is 9.59 Å². The van der Waals surface area contributed by atoms with Gasteiger partial charge in [0.2, 0.25) is 0 Å². The Morgan fingerprint density at radius 1 is 1.00 bits per heavy atom. The molecule has 1 aromatic heterocycles. The van der Waals surface area contributed by atoms with Gasteiger partial charge in [0.15, 0.2) is 0 Å². The van der Waals surface area contributed by atoms with Crippen molar-refractivity contribution in [2.75, 3.05) is 39.4 Å². The number of carbonyl (C=O) groups excluding carboxylic acids is 2. The lowest BCUT2D eigenvalue weighted by atomic mass is 9.88. The molecule has 0 bridgehead atoms. The summed E-state index contributed by atoms with van der Waals surface area (Å²) in [6.45, 7) is 0.0859. The number of methoxy groups -OCH3 is 3. The van der Waals surface area contributed by atoms with Gasteiger partial charge in [0, 0.05) is 49.5 Å². The summed E-state index contributed by atoms with van der Waals surface area (Å²) in [5.41, 5.74) is 1.21. The quantitative estimate of drug-likeness (QED) is 0.389. The molecule has 13 heteroatoms. The second-order valence-electron chi connectivity index (χ2n) is 10.5. The van der Waals surface area contributed by atoms with E-state index < -0.39 is 46.7 Å². The lowest BCUT2D eigenvalue weighted by Crippen LogP contribution is -2.51. The second-order valence-corrected chi connectivity index (χ2v) is 10.5. The van der Waals surface area contributed by atoms with Crippen LogP contribution in [0.3, 0.4) is 0 Å². The zero-order valence-corrected chi connectivity index (χ0v) is 24.1. The molecule has 2 N–H and O–H groups in total. The number of rotatable bonds is 9. The van der Waals surface area contributed by atoms with Gasteiger partial charge in [-0.1, -0.05) is 6.07 Å². The average molecular weight is 598 g/mol. The van der Waals surface area contributed by atoms with Crippen LogP contribution >= 0.6 is 0 Å². The summed E-state index contributed by atoms with van der Waals surface area (Å²) in [5, 5.41) is 9.57. The molecule has 3 amide bonds. The van der Waals surface area contributed by atoms with Crippen molar-refractivity contribution in [3.05, 3.63) is 81.3 Å². The summed E-state index contributed by atoms with van der Waals surface area (Å²) in [5.74, 6) is -2.98. The van der Waals surface area contributed by atoms with Crippen LogP contribution in [0.5, 0.6) is 11.5 Å².